The topological polar surface area (TPSA) is 34.1 Å². The summed E-state index contributed by atoms with van der Waals surface area (Å²) in [5.41, 5.74) is 0.749. The van der Waals surface area contributed by atoms with E-state index < -0.39 is 0 Å². The summed E-state index contributed by atoms with van der Waals surface area (Å²) in [5, 5.41) is 0. The fourth-order valence-electron chi connectivity index (χ4n) is 0.823. The first kappa shape index (κ1) is 9.61. The predicted octanol–water partition coefficient (Wildman–Crippen LogP) is 2.84. The van der Waals surface area contributed by atoms with E-state index in [1.165, 1.54) is 0 Å². The Morgan fingerprint density at radius 3 is 1.50 bits per heavy atom. The largest absolute Gasteiger partial charge is 0.298 e. The summed E-state index contributed by atoms with van der Waals surface area (Å²) in [6.45, 7) is 0. The molecule has 0 spiro atoms. The number of carbonyl (C=O) groups excluding carboxylic acids is 2. The summed E-state index contributed by atoms with van der Waals surface area (Å²) >= 11 is 6.34. The average Bonchev–Trinajstić information content (AvgIpc) is 2.08. The van der Waals surface area contributed by atoms with E-state index in [1.54, 1.807) is 12.1 Å². The van der Waals surface area contributed by atoms with Gasteiger partial charge in [-0.2, -0.15) is 0 Å². The van der Waals surface area contributed by atoms with Crippen molar-refractivity contribution in [2.45, 2.75) is 0 Å². The van der Waals surface area contributed by atoms with Crippen LogP contribution in [0.15, 0.2) is 21.1 Å². The Morgan fingerprint density at radius 1 is 0.917 bits per heavy atom. The zero-order valence-corrected chi connectivity index (χ0v) is 9.05. The molecule has 0 heterocycles. The summed E-state index contributed by atoms with van der Waals surface area (Å²) in [6, 6.07) is 3.42. The molecule has 0 saturated carbocycles. The molecule has 0 aromatic heterocycles. The van der Waals surface area contributed by atoms with Gasteiger partial charge in [0.2, 0.25) is 0 Å². The minimum Gasteiger partial charge on any atom is -0.298 e. The van der Waals surface area contributed by atoms with Gasteiger partial charge in [0, 0.05) is 20.1 Å². The summed E-state index contributed by atoms with van der Waals surface area (Å²) in [5.74, 6) is 0. The number of halogens is 2. The normalized spacial score (nSPS) is 9.50. The molecule has 1 rings (SSSR count). The molecule has 4 heteroatoms. The maximum absolute atomic E-state index is 10.5. The van der Waals surface area contributed by atoms with Gasteiger partial charge in [-0.05, 0) is 12.1 Å². The van der Waals surface area contributed by atoms with Crippen LogP contribution >= 0.6 is 31.9 Å². The summed E-state index contributed by atoms with van der Waals surface area (Å²) in [6.07, 6.45) is 1.30. The van der Waals surface area contributed by atoms with Crippen molar-refractivity contribution < 1.29 is 9.59 Å². The number of aldehydes is 2. The highest BCUT2D eigenvalue weighted by Gasteiger charge is 2.08. The van der Waals surface area contributed by atoms with Gasteiger partial charge < -0.3 is 0 Å². The predicted molar refractivity (Wildman–Crippen MR) is 52.6 cm³/mol. The molecule has 2 nitrogen and oxygen atoms in total. The molecule has 0 amide bonds. The number of carbonyl (C=O) groups is 2. The van der Waals surface area contributed by atoms with Crippen LogP contribution < -0.4 is 0 Å². The second kappa shape index (κ2) is 3.96. The lowest BCUT2D eigenvalue weighted by molar-refractivity contribution is 0.109. The van der Waals surface area contributed by atoms with Gasteiger partial charge in [0.15, 0.2) is 12.6 Å². The van der Waals surface area contributed by atoms with Gasteiger partial charge in [0.05, 0.1) is 0 Å². The van der Waals surface area contributed by atoms with Crippen LogP contribution in [0.4, 0.5) is 0 Å². The molecule has 0 N–H and O–H groups in total. The Kier molecular flexibility index (Phi) is 3.17. The lowest BCUT2D eigenvalue weighted by atomic mass is 10.1. The molecule has 0 bridgehead atoms. The van der Waals surface area contributed by atoms with Crippen LogP contribution in [0.1, 0.15) is 20.7 Å². The van der Waals surface area contributed by atoms with Crippen molar-refractivity contribution in [1.29, 1.82) is 0 Å². The third-order valence-corrected chi connectivity index (χ3v) is 2.80. The molecule has 0 aliphatic carbocycles. The SMILES string of the molecule is O=Cc1c(Br)ccc(Br)c1C=O. The van der Waals surface area contributed by atoms with Crippen LogP contribution in [0.2, 0.25) is 0 Å². The molecule has 0 saturated heterocycles. The van der Waals surface area contributed by atoms with Gasteiger partial charge in [0.1, 0.15) is 0 Å². The molecule has 0 radical (unpaired) electrons. The highest BCUT2D eigenvalue weighted by Crippen LogP contribution is 2.24. The first-order chi connectivity index (χ1) is 5.70. The van der Waals surface area contributed by atoms with Crippen LogP contribution in [0.5, 0.6) is 0 Å². The van der Waals surface area contributed by atoms with Crippen LogP contribution in [-0.4, -0.2) is 12.6 Å². The Hall–Kier alpha value is -0.480. The lowest BCUT2D eigenvalue weighted by Crippen LogP contribution is -1.93. The summed E-state index contributed by atoms with van der Waals surface area (Å²) in [7, 11) is 0. The van der Waals surface area contributed by atoms with Gasteiger partial charge in [0.25, 0.3) is 0 Å². The van der Waals surface area contributed by atoms with Crippen LogP contribution in [-0.2, 0) is 0 Å². The molecule has 0 fully saturated rings. The van der Waals surface area contributed by atoms with E-state index in [0.29, 0.717) is 32.6 Å². The maximum atomic E-state index is 10.5. The Morgan fingerprint density at radius 2 is 1.25 bits per heavy atom. The van der Waals surface area contributed by atoms with Crippen molar-refractivity contribution in [3.8, 4) is 0 Å². The van der Waals surface area contributed by atoms with Crippen molar-refractivity contribution in [3.63, 3.8) is 0 Å². The zero-order chi connectivity index (χ0) is 9.14. The summed E-state index contributed by atoms with van der Waals surface area (Å²) in [4.78, 5) is 21.1. The fraction of sp³-hybridized carbons (Fsp3) is 0. The van der Waals surface area contributed by atoms with Gasteiger partial charge in [-0.25, -0.2) is 0 Å². The number of hydrogen-bond donors (Lipinski definition) is 0. The molecule has 1 aromatic carbocycles. The van der Waals surface area contributed by atoms with Gasteiger partial charge in [-0.3, -0.25) is 9.59 Å². The minimum absolute atomic E-state index is 0.374. The Labute approximate surface area is 86.2 Å². The molecule has 0 aliphatic heterocycles. The quantitative estimate of drug-likeness (QED) is 0.785. The number of rotatable bonds is 2. The second-order valence-electron chi connectivity index (χ2n) is 2.09. The lowest BCUT2D eigenvalue weighted by Gasteiger charge is -2.01. The van der Waals surface area contributed by atoms with Gasteiger partial charge in [-0.15, -0.1) is 0 Å². The van der Waals surface area contributed by atoms with Crippen molar-refractivity contribution in [2.75, 3.05) is 0 Å². The van der Waals surface area contributed by atoms with Gasteiger partial charge >= 0.3 is 0 Å². The van der Waals surface area contributed by atoms with Crippen LogP contribution in [0.3, 0.4) is 0 Å². The zero-order valence-electron chi connectivity index (χ0n) is 5.88. The molecule has 0 aliphatic rings. The van der Waals surface area contributed by atoms with Crippen molar-refractivity contribution >= 4 is 44.4 Å². The molecule has 0 unspecified atom stereocenters. The van der Waals surface area contributed by atoms with E-state index in [2.05, 4.69) is 31.9 Å². The fourth-order valence-corrected chi connectivity index (χ4v) is 1.70. The molecule has 62 valence electrons. The van der Waals surface area contributed by atoms with E-state index in [0.717, 1.165) is 0 Å². The highest BCUT2D eigenvalue weighted by atomic mass is 79.9. The van der Waals surface area contributed by atoms with E-state index in [1.807, 2.05) is 0 Å². The van der Waals surface area contributed by atoms with Crippen LogP contribution in [0, 0.1) is 0 Å². The highest BCUT2D eigenvalue weighted by molar-refractivity contribution is 9.11. The third-order valence-electron chi connectivity index (χ3n) is 1.42. The van der Waals surface area contributed by atoms with Crippen molar-refractivity contribution in [3.05, 3.63) is 32.2 Å². The van der Waals surface area contributed by atoms with Crippen molar-refractivity contribution in [2.24, 2.45) is 0 Å². The van der Waals surface area contributed by atoms with E-state index in [-0.39, 0.29) is 0 Å². The number of benzene rings is 1. The average molecular weight is 292 g/mol. The third kappa shape index (κ3) is 1.64. The molecule has 12 heavy (non-hydrogen) atoms. The maximum Gasteiger partial charge on any atom is 0.151 e. The monoisotopic (exact) mass is 290 g/mol. The number of hydrogen-bond acceptors (Lipinski definition) is 2. The van der Waals surface area contributed by atoms with E-state index in [9.17, 15) is 9.59 Å². The summed E-state index contributed by atoms with van der Waals surface area (Å²) < 4.78 is 1.26. The van der Waals surface area contributed by atoms with E-state index >= 15 is 0 Å². The Bertz CT molecular complexity index is 301. The first-order valence-corrected chi connectivity index (χ1v) is 4.67. The standard InChI is InChI=1S/C8H4Br2O2/c9-7-1-2-8(10)6(4-12)5(7)3-11/h1-4H. The van der Waals surface area contributed by atoms with E-state index in [4.69, 9.17) is 0 Å². The minimum atomic E-state index is 0.374. The molecule has 0 atom stereocenters. The Balaban J connectivity index is 3.48. The smallest absolute Gasteiger partial charge is 0.151 e. The molecular formula is C8H4Br2O2. The molecule has 1 aromatic rings. The second-order valence-corrected chi connectivity index (χ2v) is 3.80. The first-order valence-electron chi connectivity index (χ1n) is 3.09. The molecular weight excluding hydrogens is 288 g/mol. The van der Waals surface area contributed by atoms with Crippen molar-refractivity contribution in [1.82, 2.24) is 0 Å². The van der Waals surface area contributed by atoms with Gasteiger partial charge in [-0.1, -0.05) is 31.9 Å². The van der Waals surface area contributed by atoms with Crippen LogP contribution in [0.25, 0.3) is 0 Å².